The first kappa shape index (κ1) is 14.7. The molecule has 0 saturated heterocycles. The van der Waals surface area contributed by atoms with Crippen LogP contribution in [0.2, 0.25) is 0 Å². The van der Waals surface area contributed by atoms with Gasteiger partial charge in [0.05, 0.1) is 6.33 Å². The highest BCUT2D eigenvalue weighted by atomic mass is 35.5. The van der Waals surface area contributed by atoms with Crippen LogP contribution in [0.5, 0.6) is 0 Å². The highest BCUT2D eigenvalue weighted by molar-refractivity contribution is 5.85. The molecule has 8 heteroatoms. The number of anilines is 2. The van der Waals surface area contributed by atoms with Gasteiger partial charge in [-0.05, 0) is 6.42 Å². The Balaban J connectivity index is 0.00000112. The first-order valence-corrected chi connectivity index (χ1v) is 4.46. The third kappa shape index (κ3) is 2.45. The zero-order chi connectivity index (χ0) is 10.1. The number of nitrogen functional groups attached to an aromatic ring is 2. The molecule has 6 nitrogen and oxygen atoms in total. The molecule has 0 saturated carbocycles. The quantitative estimate of drug-likeness (QED) is 0.851. The van der Waals surface area contributed by atoms with Crippen molar-refractivity contribution in [2.75, 3.05) is 11.5 Å². The van der Waals surface area contributed by atoms with Gasteiger partial charge >= 0.3 is 0 Å². The van der Waals surface area contributed by atoms with Crippen LogP contribution in [-0.2, 0) is 6.54 Å². The molecular weight excluding hydrogens is 251 g/mol. The monoisotopic (exact) mass is 264 g/mol. The molecule has 90 valence electrons. The lowest BCUT2D eigenvalue weighted by Crippen LogP contribution is -2.03. The summed E-state index contributed by atoms with van der Waals surface area (Å²) < 4.78 is 1.92. The van der Waals surface area contributed by atoms with Crippen molar-refractivity contribution in [2.24, 2.45) is 0 Å². The summed E-state index contributed by atoms with van der Waals surface area (Å²) in [4.78, 5) is 12.1. The van der Waals surface area contributed by atoms with Gasteiger partial charge in [0.15, 0.2) is 11.5 Å². The Labute approximate surface area is 105 Å². The van der Waals surface area contributed by atoms with Crippen molar-refractivity contribution in [1.82, 2.24) is 19.5 Å². The summed E-state index contributed by atoms with van der Waals surface area (Å²) >= 11 is 0. The first-order valence-electron chi connectivity index (χ1n) is 4.46. The van der Waals surface area contributed by atoms with Crippen LogP contribution >= 0.6 is 24.8 Å². The summed E-state index contributed by atoms with van der Waals surface area (Å²) in [5.74, 6) is 0.523. The van der Waals surface area contributed by atoms with Gasteiger partial charge in [-0.1, -0.05) is 6.92 Å². The van der Waals surface area contributed by atoms with Crippen LogP contribution < -0.4 is 11.5 Å². The number of nitrogens with zero attached hydrogens (tertiary/aromatic N) is 4. The zero-order valence-electron chi connectivity index (χ0n) is 8.75. The third-order valence-electron chi connectivity index (χ3n) is 1.97. The molecule has 0 atom stereocenters. The largest absolute Gasteiger partial charge is 0.382 e. The van der Waals surface area contributed by atoms with Gasteiger partial charge in [0.2, 0.25) is 5.95 Å². The molecule has 16 heavy (non-hydrogen) atoms. The number of halogens is 2. The molecule has 0 spiro atoms. The van der Waals surface area contributed by atoms with E-state index in [1.807, 2.05) is 4.57 Å². The molecule has 2 aromatic heterocycles. The third-order valence-corrected chi connectivity index (χ3v) is 1.97. The van der Waals surface area contributed by atoms with E-state index in [1.165, 1.54) is 0 Å². The summed E-state index contributed by atoms with van der Waals surface area (Å²) in [5, 5.41) is 0. The van der Waals surface area contributed by atoms with Gasteiger partial charge in [0, 0.05) is 6.54 Å². The fraction of sp³-hybridized carbons (Fsp3) is 0.375. The molecule has 0 amide bonds. The normalized spacial score (nSPS) is 9.56. The second-order valence-electron chi connectivity index (χ2n) is 3.08. The van der Waals surface area contributed by atoms with Crippen molar-refractivity contribution in [2.45, 2.75) is 19.9 Å². The highest BCUT2D eigenvalue weighted by Crippen LogP contribution is 2.16. The standard InChI is InChI=1S/C8H12N6.2ClH/c1-2-3-14-4-11-5-6(9)12-8(10)13-7(5)14;;/h4H,2-3H2,1H3,(H4,9,10,12,13);2*1H. The number of hydrogen-bond donors (Lipinski definition) is 2. The number of hydrogen-bond acceptors (Lipinski definition) is 5. The van der Waals surface area contributed by atoms with E-state index in [2.05, 4.69) is 21.9 Å². The minimum atomic E-state index is 0. The van der Waals surface area contributed by atoms with Gasteiger partial charge in [0.1, 0.15) is 5.52 Å². The molecule has 0 bridgehead atoms. The average Bonchev–Trinajstić information content (AvgIpc) is 2.49. The number of rotatable bonds is 2. The van der Waals surface area contributed by atoms with Crippen LogP contribution in [0.1, 0.15) is 13.3 Å². The molecule has 2 heterocycles. The van der Waals surface area contributed by atoms with E-state index in [0.29, 0.717) is 17.0 Å². The van der Waals surface area contributed by atoms with Crippen molar-refractivity contribution < 1.29 is 0 Å². The lowest BCUT2D eigenvalue weighted by Gasteiger charge is -2.01. The van der Waals surface area contributed by atoms with Crippen LogP contribution in [0.25, 0.3) is 11.2 Å². The Morgan fingerprint density at radius 2 is 1.94 bits per heavy atom. The SMILES string of the molecule is CCCn1cnc2c(N)nc(N)nc21.Cl.Cl. The van der Waals surface area contributed by atoms with Gasteiger partial charge in [-0.2, -0.15) is 9.97 Å². The summed E-state index contributed by atoms with van der Waals surface area (Å²) in [6.07, 6.45) is 2.72. The number of nitrogens with two attached hydrogens (primary N) is 2. The highest BCUT2D eigenvalue weighted by Gasteiger charge is 2.08. The second-order valence-corrected chi connectivity index (χ2v) is 3.08. The van der Waals surface area contributed by atoms with Crippen molar-refractivity contribution in [1.29, 1.82) is 0 Å². The van der Waals surface area contributed by atoms with Gasteiger partial charge in [-0.3, -0.25) is 0 Å². The number of imidazole rings is 1. The number of aryl methyl sites for hydroxylation is 1. The summed E-state index contributed by atoms with van der Waals surface area (Å²) in [5.41, 5.74) is 12.5. The zero-order valence-corrected chi connectivity index (χ0v) is 10.4. The van der Waals surface area contributed by atoms with Crippen LogP contribution in [0, 0.1) is 0 Å². The van der Waals surface area contributed by atoms with E-state index in [-0.39, 0.29) is 30.8 Å². The summed E-state index contributed by atoms with van der Waals surface area (Å²) in [6, 6.07) is 0. The Kier molecular flexibility index (Phi) is 5.26. The maximum Gasteiger partial charge on any atom is 0.224 e. The van der Waals surface area contributed by atoms with Crippen molar-refractivity contribution in [3.8, 4) is 0 Å². The van der Waals surface area contributed by atoms with Gasteiger partial charge < -0.3 is 16.0 Å². The smallest absolute Gasteiger partial charge is 0.224 e. The van der Waals surface area contributed by atoms with Crippen molar-refractivity contribution in [3.05, 3.63) is 6.33 Å². The van der Waals surface area contributed by atoms with Gasteiger partial charge in [-0.25, -0.2) is 4.98 Å². The molecule has 2 aromatic rings. The molecule has 0 aromatic carbocycles. The minimum absolute atomic E-state index is 0. The Morgan fingerprint density at radius 3 is 2.56 bits per heavy atom. The molecule has 0 radical (unpaired) electrons. The Bertz CT molecular complexity index is 469. The maximum absolute atomic E-state index is 5.66. The minimum Gasteiger partial charge on any atom is -0.382 e. The van der Waals surface area contributed by atoms with Crippen LogP contribution in [-0.4, -0.2) is 19.5 Å². The van der Waals surface area contributed by atoms with Crippen LogP contribution in [0.4, 0.5) is 11.8 Å². The van der Waals surface area contributed by atoms with Crippen molar-refractivity contribution >= 4 is 47.7 Å². The molecule has 0 unspecified atom stereocenters. The van der Waals surface area contributed by atoms with Crippen LogP contribution in [0.3, 0.4) is 0 Å². The second kappa shape index (κ2) is 5.72. The van der Waals surface area contributed by atoms with Gasteiger partial charge in [-0.15, -0.1) is 24.8 Å². The lowest BCUT2D eigenvalue weighted by atomic mass is 10.4. The molecule has 4 N–H and O–H groups in total. The lowest BCUT2D eigenvalue weighted by molar-refractivity contribution is 0.691. The van der Waals surface area contributed by atoms with E-state index in [9.17, 15) is 0 Å². The molecule has 0 aliphatic carbocycles. The topological polar surface area (TPSA) is 95.6 Å². The van der Waals surface area contributed by atoms with Crippen LogP contribution in [0.15, 0.2) is 6.33 Å². The summed E-state index contributed by atoms with van der Waals surface area (Å²) in [7, 11) is 0. The average molecular weight is 265 g/mol. The number of aromatic nitrogens is 4. The molecule has 0 fully saturated rings. The Morgan fingerprint density at radius 1 is 1.25 bits per heavy atom. The first-order chi connectivity index (χ1) is 6.72. The maximum atomic E-state index is 5.66. The predicted octanol–water partition coefficient (Wildman–Crippen LogP) is 1.24. The van der Waals surface area contributed by atoms with E-state index in [4.69, 9.17) is 11.5 Å². The van der Waals surface area contributed by atoms with E-state index >= 15 is 0 Å². The molecule has 0 aliphatic heterocycles. The fourth-order valence-corrected chi connectivity index (χ4v) is 1.39. The van der Waals surface area contributed by atoms with Gasteiger partial charge in [0.25, 0.3) is 0 Å². The molecule has 0 aliphatic rings. The van der Waals surface area contributed by atoms with E-state index < -0.39 is 0 Å². The summed E-state index contributed by atoms with van der Waals surface area (Å²) in [6.45, 7) is 2.94. The van der Waals surface area contributed by atoms with E-state index in [1.54, 1.807) is 6.33 Å². The Hall–Kier alpha value is -1.27. The fourth-order valence-electron chi connectivity index (χ4n) is 1.39. The van der Waals surface area contributed by atoms with E-state index in [0.717, 1.165) is 13.0 Å². The molecule has 2 rings (SSSR count). The molecular formula is C8H14Cl2N6. The predicted molar refractivity (Wildman–Crippen MR) is 68.9 cm³/mol. The number of fused-ring (bicyclic) bond motifs is 1. The van der Waals surface area contributed by atoms with Crippen molar-refractivity contribution in [3.63, 3.8) is 0 Å².